The van der Waals surface area contributed by atoms with Gasteiger partial charge in [-0.15, -0.1) is 10.2 Å². The molecular formula is C20H18N6OS2. The SMILES string of the molecule is Cc1ccc2nc(NC(=O)CSc3nnc(-c4ccncc4)n3C3CC3)sc2c1. The van der Waals surface area contributed by atoms with Crippen LogP contribution in [0, 0.1) is 6.92 Å². The van der Waals surface area contributed by atoms with Gasteiger partial charge in [0, 0.05) is 24.0 Å². The minimum absolute atomic E-state index is 0.0958. The molecule has 0 spiro atoms. The van der Waals surface area contributed by atoms with Gasteiger partial charge in [-0.2, -0.15) is 0 Å². The van der Waals surface area contributed by atoms with E-state index < -0.39 is 0 Å². The number of pyridine rings is 1. The number of fused-ring (bicyclic) bond motifs is 1. The van der Waals surface area contributed by atoms with Crippen LogP contribution in [0.15, 0.2) is 47.9 Å². The molecule has 29 heavy (non-hydrogen) atoms. The van der Waals surface area contributed by atoms with Gasteiger partial charge in [0.2, 0.25) is 5.91 Å². The van der Waals surface area contributed by atoms with Gasteiger partial charge in [0.05, 0.1) is 16.0 Å². The van der Waals surface area contributed by atoms with Crippen molar-refractivity contribution in [1.82, 2.24) is 24.7 Å². The van der Waals surface area contributed by atoms with E-state index in [0.717, 1.165) is 39.6 Å². The van der Waals surface area contributed by atoms with E-state index in [1.54, 1.807) is 12.4 Å². The van der Waals surface area contributed by atoms with Crippen molar-refractivity contribution in [1.29, 1.82) is 0 Å². The third-order valence-corrected chi connectivity index (χ3v) is 6.51. The summed E-state index contributed by atoms with van der Waals surface area (Å²) in [7, 11) is 0. The zero-order chi connectivity index (χ0) is 19.8. The molecule has 0 atom stereocenters. The maximum Gasteiger partial charge on any atom is 0.236 e. The monoisotopic (exact) mass is 422 g/mol. The number of carbonyl (C=O) groups excluding carboxylic acids is 1. The first kappa shape index (κ1) is 18.3. The number of hydrogen-bond acceptors (Lipinski definition) is 7. The average molecular weight is 423 g/mol. The second kappa shape index (κ2) is 7.57. The van der Waals surface area contributed by atoms with Crippen LogP contribution >= 0.6 is 23.1 Å². The van der Waals surface area contributed by atoms with Gasteiger partial charge in [-0.3, -0.25) is 14.3 Å². The molecule has 0 saturated heterocycles. The predicted molar refractivity (Wildman–Crippen MR) is 115 cm³/mol. The summed E-state index contributed by atoms with van der Waals surface area (Å²) >= 11 is 2.90. The summed E-state index contributed by atoms with van der Waals surface area (Å²) in [6.45, 7) is 2.05. The fourth-order valence-corrected chi connectivity index (χ4v) is 4.89. The molecule has 7 nitrogen and oxygen atoms in total. The Bertz CT molecular complexity index is 1180. The predicted octanol–water partition coefficient (Wildman–Crippen LogP) is 4.32. The summed E-state index contributed by atoms with van der Waals surface area (Å²) in [5, 5.41) is 13.0. The number of carbonyl (C=O) groups is 1. The first-order valence-electron chi connectivity index (χ1n) is 9.32. The second-order valence-corrected chi connectivity index (χ2v) is 8.94. The number of anilines is 1. The van der Waals surface area contributed by atoms with Crippen LogP contribution in [0.1, 0.15) is 24.4 Å². The Morgan fingerprint density at radius 3 is 2.86 bits per heavy atom. The molecule has 1 fully saturated rings. The highest BCUT2D eigenvalue weighted by molar-refractivity contribution is 7.99. The van der Waals surface area contributed by atoms with Crippen molar-refractivity contribution in [2.24, 2.45) is 0 Å². The molecule has 9 heteroatoms. The highest BCUT2D eigenvalue weighted by Gasteiger charge is 2.30. The average Bonchev–Trinajstić information content (AvgIpc) is 3.35. The Hall–Kier alpha value is -2.78. The van der Waals surface area contributed by atoms with Crippen molar-refractivity contribution >= 4 is 44.4 Å². The van der Waals surface area contributed by atoms with Gasteiger partial charge in [-0.05, 0) is 49.6 Å². The van der Waals surface area contributed by atoms with Crippen LogP contribution in [0.4, 0.5) is 5.13 Å². The van der Waals surface area contributed by atoms with E-state index in [1.165, 1.54) is 28.7 Å². The van der Waals surface area contributed by atoms with E-state index in [9.17, 15) is 4.79 Å². The smallest absolute Gasteiger partial charge is 0.236 e. The molecule has 3 heterocycles. The van der Waals surface area contributed by atoms with Crippen LogP contribution in [0.3, 0.4) is 0 Å². The minimum Gasteiger partial charge on any atom is -0.301 e. The zero-order valence-corrected chi connectivity index (χ0v) is 17.3. The lowest BCUT2D eigenvalue weighted by Gasteiger charge is -2.08. The van der Waals surface area contributed by atoms with E-state index in [2.05, 4.69) is 36.1 Å². The van der Waals surface area contributed by atoms with Crippen LogP contribution in [0.25, 0.3) is 21.6 Å². The van der Waals surface area contributed by atoms with Crippen molar-refractivity contribution in [3.8, 4) is 11.4 Å². The standard InChI is InChI=1S/C20H18N6OS2/c1-12-2-5-15-16(10-12)29-19(22-15)23-17(27)11-28-20-25-24-18(26(20)14-3-4-14)13-6-8-21-9-7-13/h2,5-10,14H,3-4,11H2,1H3,(H,22,23,27). The van der Waals surface area contributed by atoms with Crippen molar-refractivity contribution in [2.75, 3.05) is 11.1 Å². The van der Waals surface area contributed by atoms with Crippen LogP contribution in [0.5, 0.6) is 0 Å². The Balaban J connectivity index is 1.29. The molecule has 0 radical (unpaired) electrons. The lowest BCUT2D eigenvalue weighted by molar-refractivity contribution is -0.113. The molecule has 0 bridgehead atoms. The fraction of sp³-hybridized carbons (Fsp3) is 0.250. The van der Waals surface area contributed by atoms with Crippen molar-refractivity contribution in [3.63, 3.8) is 0 Å². The summed E-state index contributed by atoms with van der Waals surface area (Å²) in [6.07, 6.45) is 5.73. The van der Waals surface area contributed by atoms with Crippen LogP contribution in [-0.4, -0.2) is 36.4 Å². The number of aryl methyl sites for hydroxylation is 1. The largest absolute Gasteiger partial charge is 0.301 e. The molecule has 1 aliphatic carbocycles. The summed E-state index contributed by atoms with van der Waals surface area (Å²) in [4.78, 5) is 21.0. The van der Waals surface area contributed by atoms with Crippen molar-refractivity contribution < 1.29 is 4.79 Å². The van der Waals surface area contributed by atoms with Crippen LogP contribution in [0.2, 0.25) is 0 Å². The second-order valence-electron chi connectivity index (χ2n) is 6.97. The molecule has 1 aliphatic rings. The molecule has 0 aliphatic heterocycles. The number of thioether (sulfide) groups is 1. The van der Waals surface area contributed by atoms with E-state index in [4.69, 9.17) is 0 Å². The molecule has 1 aromatic carbocycles. The maximum absolute atomic E-state index is 12.5. The number of amides is 1. The Morgan fingerprint density at radius 1 is 1.24 bits per heavy atom. The molecule has 146 valence electrons. The Morgan fingerprint density at radius 2 is 2.07 bits per heavy atom. The van der Waals surface area contributed by atoms with Gasteiger partial charge in [0.1, 0.15) is 0 Å². The van der Waals surface area contributed by atoms with Gasteiger partial charge in [0.25, 0.3) is 0 Å². The number of aromatic nitrogens is 5. The van der Waals surface area contributed by atoms with E-state index in [1.807, 2.05) is 31.2 Å². The third kappa shape index (κ3) is 3.88. The van der Waals surface area contributed by atoms with Crippen LogP contribution < -0.4 is 5.32 Å². The molecule has 4 aromatic rings. The molecule has 0 unspecified atom stereocenters. The quantitative estimate of drug-likeness (QED) is 0.466. The van der Waals surface area contributed by atoms with E-state index in [-0.39, 0.29) is 11.7 Å². The number of thiazole rings is 1. The topological polar surface area (TPSA) is 85.6 Å². The lowest BCUT2D eigenvalue weighted by Crippen LogP contribution is -2.14. The maximum atomic E-state index is 12.5. The lowest BCUT2D eigenvalue weighted by atomic mass is 10.2. The van der Waals surface area contributed by atoms with Crippen molar-refractivity contribution in [3.05, 3.63) is 48.3 Å². The highest BCUT2D eigenvalue weighted by Crippen LogP contribution is 2.41. The summed E-state index contributed by atoms with van der Waals surface area (Å²) < 4.78 is 3.22. The first-order chi connectivity index (χ1) is 14.2. The minimum atomic E-state index is -0.0958. The Kier molecular flexibility index (Phi) is 4.76. The fourth-order valence-electron chi connectivity index (χ4n) is 3.11. The number of rotatable bonds is 6. The van der Waals surface area contributed by atoms with Gasteiger partial charge in [0.15, 0.2) is 16.1 Å². The number of nitrogens with zero attached hydrogens (tertiary/aromatic N) is 5. The van der Waals surface area contributed by atoms with Gasteiger partial charge in [-0.25, -0.2) is 4.98 Å². The first-order valence-corrected chi connectivity index (χ1v) is 11.1. The Labute approximate surface area is 175 Å². The molecule has 1 saturated carbocycles. The highest BCUT2D eigenvalue weighted by atomic mass is 32.2. The van der Waals surface area contributed by atoms with Crippen molar-refractivity contribution in [2.45, 2.75) is 31.0 Å². The van der Waals surface area contributed by atoms with E-state index in [0.29, 0.717) is 11.2 Å². The van der Waals surface area contributed by atoms with Gasteiger partial charge in [-0.1, -0.05) is 29.2 Å². The zero-order valence-electron chi connectivity index (χ0n) is 15.7. The molecule has 1 amide bonds. The van der Waals surface area contributed by atoms with E-state index >= 15 is 0 Å². The number of benzene rings is 1. The molecular weight excluding hydrogens is 404 g/mol. The molecule has 3 aromatic heterocycles. The molecule has 1 N–H and O–H groups in total. The van der Waals surface area contributed by atoms with Crippen LogP contribution in [-0.2, 0) is 4.79 Å². The summed E-state index contributed by atoms with van der Waals surface area (Å²) in [6, 6.07) is 10.3. The van der Waals surface area contributed by atoms with Gasteiger partial charge >= 0.3 is 0 Å². The van der Waals surface area contributed by atoms with Gasteiger partial charge < -0.3 is 5.32 Å². The third-order valence-electron chi connectivity index (χ3n) is 4.64. The normalized spacial score (nSPS) is 13.7. The molecule has 5 rings (SSSR count). The number of nitrogens with one attached hydrogen (secondary N) is 1. The number of hydrogen-bond donors (Lipinski definition) is 1. The summed E-state index contributed by atoms with van der Waals surface area (Å²) in [5.74, 6) is 0.997. The summed E-state index contributed by atoms with van der Waals surface area (Å²) in [5.41, 5.74) is 3.07.